The van der Waals surface area contributed by atoms with Crippen molar-refractivity contribution >= 4 is 5.91 Å². The molecule has 26 heavy (non-hydrogen) atoms. The normalized spacial score (nSPS) is 23.1. The molecule has 5 nitrogen and oxygen atoms in total. The molecular weight excluding hydrogens is 328 g/mol. The van der Waals surface area contributed by atoms with Gasteiger partial charge in [0.25, 0.3) is 0 Å². The number of benzene rings is 2. The van der Waals surface area contributed by atoms with Crippen LogP contribution in [0.1, 0.15) is 36.6 Å². The lowest BCUT2D eigenvalue weighted by Gasteiger charge is -2.34. The van der Waals surface area contributed by atoms with Crippen molar-refractivity contribution in [1.82, 2.24) is 9.80 Å². The summed E-state index contributed by atoms with van der Waals surface area (Å²) < 4.78 is 5.29. The molecule has 2 atom stereocenters. The van der Waals surface area contributed by atoms with Crippen molar-refractivity contribution in [3.05, 3.63) is 59.7 Å². The smallest absolute Gasteiger partial charge is 0.241 e. The number of carbonyl (C=O) groups is 1. The van der Waals surface area contributed by atoms with Crippen LogP contribution in [0, 0.1) is 0 Å². The van der Waals surface area contributed by atoms with Crippen LogP contribution in [0.25, 0.3) is 0 Å². The van der Waals surface area contributed by atoms with Crippen LogP contribution < -0.4 is 4.74 Å². The van der Waals surface area contributed by atoms with E-state index in [1.807, 2.05) is 35.2 Å². The Bertz CT molecular complexity index is 793. The maximum atomic E-state index is 13.2. The lowest BCUT2D eigenvalue weighted by atomic mass is 10.0. The average Bonchev–Trinajstić information content (AvgIpc) is 2.95. The van der Waals surface area contributed by atoms with Gasteiger partial charge in [0.05, 0.1) is 13.2 Å². The van der Waals surface area contributed by atoms with Gasteiger partial charge in [0.2, 0.25) is 5.91 Å². The largest absolute Gasteiger partial charge is 0.504 e. The molecule has 1 unspecified atom stereocenters. The quantitative estimate of drug-likeness (QED) is 0.917. The molecule has 2 aliphatic heterocycles. The molecular formula is C21H24N2O3. The minimum absolute atomic E-state index is 0.0442. The van der Waals surface area contributed by atoms with E-state index in [9.17, 15) is 9.90 Å². The van der Waals surface area contributed by atoms with Crippen LogP contribution >= 0.6 is 0 Å². The van der Waals surface area contributed by atoms with E-state index in [0.29, 0.717) is 12.3 Å². The maximum absolute atomic E-state index is 13.2. The number of fused-ring (bicyclic) bond motifs is 1. The number of piperidine rings is 1. The van der Waals surface area contributed by atoms with Gasteiger partial charge in [-0.1, -0.05) is 42.8 Å². The molecule has 0 radical (unpaired) electrons. The van der Waals surface area contributed by atoms with Gasteiger partial charge in [-0.2, -0.15) is 0 Å². The standard InChI is InChI=1S/C21H24N2O3/c1-26-19-13-16(10-11-18(19)24)20-22-12-6-5-9-17(22)21(25)23(20)14-15-7-3-2-4-8-15/h2-4,7-8,10-11,13,17,20,24H,5-6,9,12,14H2,1H3/t17?,20-/m1/s1. The van der Waals surface area contributed by atoms with Gasteiger partial charge in [-0.15, -0.1) is 0 Å². The molecule has 5 heteroatoms. The van der Waals surface area contributed by atoms with Gasteiger partial charge in [0.1, 0.15) is 6.17 Å². The van der Waals surface area contributed by atoms with Gasteiger partial charge in [0, 0.05) is 13.1 Å². The molecule has 136 valence electrons. The Kier molecular flexibility index (Phi) is 4.55. The zero-order valence-electron chi connectivity index (χ0n) is 15.0. The highest BCUT2D eigenvalue weighted by atomic mass is 16.5. The summed E-state index contributed by atoms with van der Waals surface area (Å²) in [4.78, 5) is 17.4. The minimum atomic E-state index is -0.123. The maximum Gasteiger partial charge on any atom is 0.241 e. The first kappa shape index (κ1) is 16.9. The van der Waals surface area contributed by atoms with Crippen LogP contribution in [-0.4, -0.2) is 40.5 Å². The third kappa shape index (κ3) is 2.92. The van der Waals surface area contributed by atoms with Crippen LogP contribution in [0.5, 0.6) is 11.5 Å². The Morgan fingerprint density at radius 1 is 1.15 bits per heavy atom. The van der Waals surface area contributed by atoms with Crippen LogP contribution in [0.4, 0.5) is 0 Å². The summed E-state index contributed by atoms with van der Waals surface area (Å²) in [6, 6.07) is 15.4. The lowest BCUT2D eigenvalue weighted by molar-refractivity contribution is -0.131. The third-order valence-corrected chi connectivity index (χ3v) is 5.42. The van der Waals surface area contributed by atoms with Gasteiger partial charge >= 0.3 is 0 Å². The van der Waals surface area contributed by atoms with Crippen molar-refractivity contribution in [1.29, 1.82) is 0 Å². The minimum Gasteiger partial charge on any atom is -0.504 e. The van der Waals surface area contributed by atoms with E-state index in [4.69, 9.17) is 4.74 Å². The predicted octanol–water partition coefficient (Wildman–Crippen LogP) is 3.30. The van der Waals surface area contributed by atoms with Crippen LogP contribution in [0.3, 0.4) is 0 Å². The number of phenols is 1. The molecule has 0 spiro atoms. The number of hydrogen-bond acceptors (Lipinski definition) is 4. The fourth-order valence-corrected chi connectivity index (χ4v) is 4.17. The first-order chi connectivity index (χ1) is 12.7. The van der Waals surface area contributed by atoms with E-state index in [1.165, 1.54) is 0 Å². The molecule has 2 fully saturated rings. The molecule has 2 aromatic carbocycles. The number of nitrogens with zero attached hydrogens (tertiary/aromatic N) is 2. The monoisotopic (exact) mass is 352 g/mol. The first-order valence-electron chi connectivity index (χ1n) is 9.16. The number of carbonyl (C=O) groups excluding carboxylic acids is 1. The van der Waals surface area contributed by atoms with E-state index >= 15 is 0 Å². The molecule has 4 rings (SSSR count). The zero-order chi connectivity index (χ0) is 18.1. The highest BCUT2D eigenvalue weighted by Crippen LogP contribution is 2.41. The Morgan fingerprint density at radius 3 is 2.73 bits per heavy atom. The van der Waals surface area contributed by atoms with Gasteiger partial charge in [-0.05, 0) is 36.1 Å². The molecule has 2 heterocycles. The Hall–Kier alpha value is -2.53. The Labute approximate surface area is 153 Å². The van der Waals surface area contributed by atoms with Crippen molar-refractivity contribution in [2.75, 3.05) is 13.7 Å². The number of hydrogen-bond donors (Lipinski definition) is 1. The summed E-state index contributed by atoms with van der Waals surface area (Å²) in [5.41, 5.74) is 2.10. The molecule has 0 aliphatic carbocycles. The SMILES string of the molecule is COc1cc([C@H]2N(Cc3ccccc3)C(=O)C3CCCCN32)ccc1O. The first-order valence-corrected chi connectivity index (χ1v) is 9.16. The number of phenolic OH excluding ortho intramolecular Hbond substituents is 1. The van der Waals surface area contributed by atoms with Crippen molar-refractivity contribution < 1.29 is 14.6 Å². The van der Waals surface area contributed by atoms with Crippen LogP contribution in [-0.2, 0) is 11.3 Å². The zero-order valence-corrected chi connectivity index (χ0v) is 15.0. The summed E-state index contributed by atoms with van der Waals surface area (Å²) in [5.74, 6) is 0.756. The summed E-state index contributed by atoms with van der Waals surface area (Å²) in [5, 5.41) is 9.94. The second-order valence-electron chi connectivity index (χ2n) is 7.01. The fraction of sp³-hybridized carbons (Fsp3) is 0.381. The summed E-state index contributed by atoms with van der Waals surface area (Å²) in [6.07, 6.45) is 2.99. The van der Waals surface area contributed by atoms with Crippen molar-refractivity contribution in [2.24, 2.45) is 0 Å². The summed E-state index contributed by atoms with van der Waals surface area (Å²) in [6.45, 7) is 1.50. The molecule has 0 aromatic heterocycles. The Morgan fingerprint density at radius 2 is 1.96 bits per heavy atom. The van der Waals surface area contributed by atoms with Gasteiger partial charge in [-0.25, -0.2) is 0 Å². The molecule has 0 saturated carbocycles. The van der Waals surface area contributed by atoms with E-state index in [-0.39, 0.29) is 23.9 Å². The van der Waals surface area contributed by atoms with Crippen molar-refractivity contribution in [3.8, 4) is 11.5 Å². The summed E-state index contributed by atoms with van der Waals surface area (Å²) >= 11 is 0. The molecule has 2 saturated heterocycles. The van der Waals surface area contributed by atoms with Gasteiger partial charge < -0.3 is 14.7 Å². The van der Waals surface area contributed by atoms with Crippen LogP contribution in [0.15, 0.2) is 48.5 Å². The second-order valence-corrected chi connectivity index (χ2v) is 7.01. The fourth-order valence-electron chi connectivity index (χ4n) is 4.17. The lowest BCUT2D eigenvalue weighted by Crippen LogP contribution is -2.38. The topological polar surface area (TPSA) is 53.0 Å². The number of aromatic hydroxyl groups is 1. The number of amides is 1. The number of methoxy groups -OCH3 is 1. The van der Waals surface area contributed by atoms with E-state index in [0.717, 1.165) is 36.9 Å². The average molecular weight is 352 g/mol. The van der Waals surface area contributed by atoms with E-state index in [1.54, 1.807) is 13.2 Å². The second kappa shape index (κ2) is 7.00. The Balaban J connectivity index is 1.73. The van der Waals surface area contributed by atoms with Crippen molar-refractivity contribution in [2.45, 2.75) is 38.0 Å². The molecule has 0 bridgehead atoms. The third-order valence-electron chi connectivity index (χ3n) is 5.42. The van der Waals surface area contributed by atoms with Gasteiger partial charge in [-0.3, -0.25) is 9.69 Å². The van der Waals surface area contributed by atoms with E-state index < -0.39 is 0 Å². The van der Waals surface area contributed by atoms with E-state index in [2.05, 4.69) is 17.0 Å². The van der Waals surface area contributed by atoms with Crippen LogP contribution in [0.2, 0.25) is 0 Å². The number of ether oxygens (including phenoxy) is 1. The molecule has 1 N–H and O–H groups in total. The van der Waals surface area contributed by atoms with Crippen molar-refractivity contribution in [3.63, 3.8) is 0 Å². The molecule has 2 aromatic rings. The molecule has 1 amide bonds. The highest BCUT2D eigenvalue weighted by molar-refractivity contribution is 5.84. The number of rotatable bonds is 4. The molecule has 2 aliphatic rings. The summed E-state index contributed by atoms with van der Waals surface area (Å²) in [7, 11) is 1.55. The van der Waals surface area contributed by atoms with Gasteiger partial charge in [0.15, 0.2) is 11.5 Å². The highest BCUT2D eigenvalue weighted by Gasteiger charge is 2.47. The predicted molar refractivity (Wildman–Crippen MR) is 98.7 cm³/mol.